The third-order valence-electron chi connectivity index (χ3n) is 5.58. The van der Waals surface area contributed by atoms with Crippen LogP contribution in [0.15, 0.2) is 30.5 Å². The Hall–Kier alpha value is -2.12. The van der Waals surface area contributed by atoms with E-state index >= 15 is 0 Å². The van der Waals surface area contributed by atoms with Gasteiger partial charge < -0.3 is 9.47 Å². The Kier molecular flexibility index (Phi) is 4.28. The fourth-order valence-corrected chi connectivity index (χ4v) is 4.61. The molecule has 1 aromatic carbocycles. The second kappa shape index (κ2) is 6.80. The molecule has 1 fully saturated rings. The summed E-state index contributed by atoms with van der Waals surface area (Å²) in [5.41, 5.74) is 3.19. The van der Waals surface area contributed by atoms with Crippen LogP contribution in [0.2, 0.25) is 0 Å². The van der Waals surface area contributed by atoms with Crippen molar-refractivity contribution in [2.75, 3.05) is 37.3 Å². The molecule has 5 rings (SSSR count). The molecule has 3 aromatic rings. The molecule has 0 amide bonds. The van der Waals surface area contributed by atoms with E-state index < -0.39 is 0 Å². The van der Waals surface area contributed by atoms with Gasteiger partial charge in [-0.1, -0.05) is 11.9 Å². The van der Waals surface area contributed by atoms with E-state index in [1.807, 2.05) is 18.2 Å². The van der Waals surface area contributed by atoms with Gasteiger partial charge in [-0.3, -0.25) is 0 Å². The Morgan fingerprint density at radius 3 is 2.67 bits per heavy atom. The molecule has 1 saturated heterocycles. The van der Waals surface area contributed by atoms with Gasteiger partial charge >= 0.3 is 0 Å². The standard InChI is InChI=1S/C20H22FN5S/c1-27-25-9-7-24(8-10-25)19-5-4-14(13-22-19)15-11-18-17(12-16(15)21)23-20-3-2-6-26(18)20/h4-5,11-13H,2-3,6-10H2,1H3. The number of piperazine rings is 1. The number of nitrogens with zero attached hydrogens (tertiary/aromatic N) is 5. The predicted octanol–water partition coefficient (Wildman–Crippen LogP) is 3.58. The van der Waals surface area contributed by atoms with Gasteiger partial charge in [0.25, 0.3) is 0 Å². The van der Waals surface area contributed by atoms with Gasteiger partial charge in [0.15, 0.2) is 0 Å². The smallest absolute Gasteiger partial charge is 0.133 e. The maximum atomic E-state index is 14.7. The van der Waals surface area contributed by atoms with Crippen LogP contribution in [-0.2, 0) is 13.0 Å². The molecule has 0 aliphatic carbocycles. The summed E-state index contributed by atoms with van der Waals surface area (Å²) in [6, 6.07) is 7.48. The Balaban J connectivity index is 1.44. The summed E-state index contributed by atoms with van der Waals surface area (Å²) in [4.78, 5) is 11.5. The molecule has 5 nitrogen and oxygen atoms in total. The second-order valence-electron chi connectivity index (χ2n) is 7.11. The highest BCUT2D eigenvalue weighted by molar-refractivity contribution is 7.96. The Morgan fingerprint density at radius 2 is 1.93 bits per heavy atom. The van der Waals surface area contributed by atoms with Gasteiger partial charge in [0.1, 0.15) is 17.5 Å². The molecular formula is C20H22FN5S. The van der Waals surface area contributed by atoms with Crippen molar-refractivity contribution in [3.05, 3.63) is 42.1 Å². The fraction of sp³-hybridized carbons (Fsp3) is 0.400. The SMILES string of the molecule is CSN1CCN(c2ccc(-c3cc4c(cc3F)nc3n4CCC3)cn2)CC1. The Morgan fingerprint density at radius 1 is 1.07 bits per heavy atom. The summed E-state index contributed by atoms with van der Waals surface area (Å²) in [6.07, 6.45) is 6.00. The van der Waals surface area contributed by atoms with Gasteiger partial charge in [0.05, 0.1) is 11.0 Å². The van der Waals surface area contributed by atoms with Gasteiger partial charge in [0, 0.05) is 62.5 Å². The van der Waals surface area contributed by atoms with Crippen LogP contribution in [0.4, 0.5) is 10.2 Å². The number of halogens is 1. The van der Waals surface area contributed by atoms with Crippen LogP contribution in [0.3, 0.4) is 0 Å². The predicted molar refractivity (Wildman–Crippen MR) is 109 cm³/mol. The summed E-state index contributed by atoms with van der Waals surface area (Å²) < 4.78 is 19.3. The molecule has 7 heteroatoms. The van der Waals surface area contributed by atoms with Gasteiger partial charge in [0.2, 0.25) is 0 Å². The van der Waals surface area contributed by atoms with Crippen LogP contribution >= 0.6 is 11.9 Å². The third kappa shape index (κ3) is 2.99. The molecule has 2 aromatic heterocycles. The van der Waals surface area contributed by atoms with Crippen LogP contribution in [0.25, 0.3) is 22.2 Å². The maximum absolute atomic E-state index is 14.7. The van der Waals surface area contributed by atoms with Crippen LogP contribution in [0.5, 0.6) is 0 Å². The first-order valence-electron chi connectivity index (χ1n) is 9.42. The highest BCUT2D eigenvalue weighted by atomic mass is 32.2. The molecule has 2 aliphatic rings. The first-order chi connectivity index (χ1) is 13.2. The molecular weight excluding hydrogens is 361 g/mol. The monoisotopic (exact) mass is 383 g/mol. The molecule has 27 heavy (non-hydrogen) atoms. The largest absolute Gasteiger partial charge is 0.354 e. The molecule has 0 unspecified atom stereocenters. The van der Waals surface area contributed by atoms with Crippen molar-refractivity contribution in [3.8, 4) is 11.1 Å². The third-order valence-corrected chi connectivity index (χ3v) is 6.46. The van der Waals surface area contributed by atoms with Crippen molar-refractivity contribution in [1.29, 1.82) is 0 Å². The lowest BCUT2D eigenvalue weighted by Gasteiger charge is -2.34. The minimum atomic E-state index is -0.234. The zero-order valence-electron chi connectivity index (χ0n) is 15.4. The summed E-state index contributed by atoms with van der Waals surface area (Å²) in [6.45, 7) is 4.96. The number of imidazole rings is 1. The number of anilines is 1. The van der Waals surface area contributed by atoms with Crippen molar-refractivity contribution >= 4 is 28.8 Å². The van der Waals surface area contributed by atoms with E-state index in [1.54, 1.807) is 24.2 Å². The van der Waals surface area contributed by atoms with Crippen molar-refractivity contribution in [2.24, 2.45) is 0 Å². The molecule has 0 bridgehead atoms. The van der Waals surface area contributed by atoms with Gasteiger partial charge in [-0.15, -0.1) is 0 Å². The maximum Gasteiger partial charge on any atom is 0.133 e. The fourth-order valence-electron chi connectivity index (χ4n) is 4.08. The number of fused-ring (bicyclic) bond motifs is 3. The number of rotatable bonds is 3. The molecule has 4 heterocycles. The van der Waals surface area contributed by atoms with Gasteiger partial charge in [-0.25, -0.2) is 18.7 Å². The summed E-state index contributed by atoms with van der Waals surface area (Å²) >= 11 is 1.79. The van der Waals surface area contributed by atoms with Crippen LogP contribution < -0.4 is 4.90 Å². The zero-order chi connectivity index (χ0) is 18.4. The minimum Gasteiger partial charge on any atom is -0.354 e. The minimum absolute atomic E-state index is 0.234. The molecule has 0 spiro atoms. The van der Waals surface area contributed by atoms with Crippen molar-refractivity contribution in [3.63, 3.8) is 0 Å². The number of hydrogen-bond donors (Lipinski definition) is 0. The highest BCUT2D eigenvalue weighted by Crippen LogP contribution is 2.31. The molecule has 0 saturated carbocycles. The summed E-state index contributed by atoms with van der Waals surface area (Å²) in [5.74, 6) is 1.80. The second-order valence-corrected chi connectivity index (χ2v) is 7.99. The van der Waals surface area contributed by atoms with Gasteiger partial charge in [-0.2, -0.15) is 0 Å². The first-order valence-corrected chi connectivity index (χ1v) is 10.6. The lowest BCUT2D eigenvalue weighted by molar-refractivity contribution is 0.429. The van der Waals surface area contributed by atoms with Crippen molar-refractivity contribution in [2.45, 2.75) is 19.4 Å². The van der Waals surface area contributed by atoms with E-state index in [2.05, 4.69) is 30.0 Å². The average Bonchev–Trinajstić information content (AvgIpc) is 3.29. The molecule has 0 N–H and O–H groups in total. The van der Waals surface area contributed by atoms with E-state index in [9.17, 15) is 4.39 Å². The van der Waals surface area contributed by atoms with Crippen molar-refractivity contribution < 1.29 is 4.39 Å². The van der Waals surface area contributed by atoms with Crippen molar-refractivity contribution in [1.82, 2.24) is 18.8 Å². The number of aryl methyl sites for hydroxylation is 2. The highest BCUT2D eigenvalue weighted by Gasteiger charge is 2.20. The van der Waals surface area contributed by atoms with E-state index in [1.165, 1.54) is 0 Å². The average molecular weight is 383 g/mol. The normalized spacial score (nSPS) is 17.6. The number of aromatic nitrogens is 3. The van der Waals surface area contributed by atoms with E-state index in [4.69, 9.17) is 0 Å². The summed E-state index contributed by atoms with van der Waals surface area (Å²) in [5, 5.41) is 0. The Bertz CT molecular complexity index is 976. The molecule has 140 valence electrons. The lowest BCUT2D eigenvalue weighted by Crippen LogP contribution is -2.43. The molecule has 0 radical (unpaired) electrons. The number of pyridine rings is 1. The first kappa shape index (κ1) is 17.0. The number of benzene rings is 1. The zero-order valence-corrected chi connectivity index (χ0v) is 16.2. The number of hydrogen-bond acceptors (Lipinski definition) is 5. The lowest BCUT2D eigenvalue weighted by atomic mass is 10.1. The van der Waals surface area contributed by atoms with Crippen LogP contribution in [-0.4, -0.2) is 51.3 Å². The molecule has 2 aliphatic heterocycles. The van der Waals surface area contributed by atoms with E-state index in [0.29, 0.717) is 5.56 Å². The Labute approximate surface area is 162 Å². The molecule has 0 atom stereocenters. The summed E-state index contributed by atoms with van der Waals surface area (Å²) in [7, 11) is 0. The van der Waals surface area contributed by atoms with E-state index in [0.717, 1.165) is 73.8 Å². The van der Waals surface area contributed by atoms with Crippen LogP contribution in [0, 0.1) is 5.82 Å². The van der Waals surface area contributed by atoms with Gasteiger partial charge in [-0.05, 0) is 30.9 Å². The van der Waals surface area contributed by atoms with Crippen LogP contribution in [0.1, 0.15) is 12.2 Å². The quantitative estimate of drug-likeness (QED) is 0.646. The van der Waals surface area contributed by atoms with E-state index in [-0.39, 0.29) is 5.82 Å². The topological polar surface area (TPSA) is 37.2 Å².